The second-order valence-electron chi connectivity index (χ2n) is 4.05. The van der Waals surface area contributed by atoms with Crippen LogP contribution in [0.2, 0.25) is 5.02 Å². The van der Waals surface area contributed by atoms with Crippen LogP contribution in [-0.2, 0) is 10.2 Å². The molecule has 16 heavy (non-hydrogen) atoms. The van der Waals surface area contributed by atoms with Crippen molar-refractivity contribution in [3.05, 3.63) is 34.6 Å². The molecule has 2 rings (SSSR count). The van der Waals surface area contributed by atoms with Crippen molar-refractivity contribution in [1.29, 1.82) is 0 Å². The lowest BCUT2D eigenvalue weighted by molar-refractivity contribution is -0.153. The van der Waals surface area contributed by atoms with E-state index in [-0.39, 0.29) is 23.4 Å². The van der Waals surface area contributed by atoms with E-state index in [2.05, 4.69) is 0 Å². The first-order valence-corrected chi connectivity index (χ1v) is 5.21. The number of aliphatic hydroxyl groups is 1. The molecule has 1 aromatic carbocycles. The summed E-state index contributed by atoms with van der Waals surface area (Å²) >= 11 is 5.83. The molecule has 0 aromatic heterocycles. The maximum absolute atomic E-state index is 13.6. The zero-order valence-corrected chi connectivity index (χ0v) is 9.04. The first-order valence-electron chi connectivity index (χ1n) is 4.83. The Morgan fingerprint density at radius 1 is 1.50 bits per heavy atom. The molecule has 0 aliphatic heterocycles. The summed E-state index contributed by atoms with van der Waals surface area (Å²) in [5, 5.41) is 18.5. The van der Waals surface area contributed by atoms with Crippen molar-refractivity contribution in [3.8, 4) is 0 Å². The monoisotopic (exact) mass is 244 g/mol. The van der Waals surface area contributed by atoms with Gasteiger partial charge in [0.1, 0.15) is 11.2 Å². The summed E-state index contributed by atoms with van der Waals surface area (Å²) in [6.07, 6.45) is -0.696. The minimum atomic E-state index is -1.37. The molecule has 1 fully saturated rings. The molecule has 1 aliphatic rings. The van der Waals surface area contributed by atoms with Crippen LogP contribution in [0, 0.1) is 5.82 Å². The summed E-state index contributed by atoms with van der Waals surface area (Å²) in [7, 11) is 0. The van der Waals surface area contributed by atoms with E-state index in [0.29, 0.717) is 0 Å². The van der Waals surface area contributed by atoms with Crippen LogP contribution in [0.15, 0.2) is 18.2 Å². The lowest BCUT2D eigenvalue weighted by atomic mass is 9.62. The third-order valence-corrected chi connectivity index (χ3v) is 3.33. The highest BCUT2D eigenvalue weighted by molar-refractivity contribution is 6.31. The summed E-state index contributed by atoms with van der Waals surface area (Å²) in [5.74, 6) is -1.79. The topological polar surface area (TPSA) is 57.5 Å². The van der Waals surface area contributed by atoms with Gasteiger partial charge < -0.3 is 10.2 Å². The molecule has 1 aromatic rings. The predicted octanol–water partition coefficient (Wildman–Crippen LogP) is 1.96. The van der Waals surface area contributed by atoms with Crippen LogP contribution in [0.4, 0.5) is 4.39 Å². The van der Waals surface area contributed by atoms with Crippen LogP contribution in [0.3, 0.4) is 0 Å². The van der Waals surface area contributed by atoms with Gasteiger partial charge in [0.05, 0.1) is 6.10 Å². The molecule has 0 unspecified atom stereocenters. The van der Waals surface area contributed by atoms with Crippen LogP contribution in [-0.4, -0.2) is 22.3 Å². The smallest absolute Gasteiger partial charge is 0.314 e. The van der Waals surface area contributed by atoms with E-state index in [9.17, 15) is 14.3 Å². The molecule has 0 saturated heterocycles. The van der Waals surface area contributed by atoms with Crippen molar-refractivity contribution in [2.24, 2.45) is 0 Å². The maximum atomic E-state index is 13.6. The van der Waals surface area contributed by atoms with E-state index >= 15 is 0 Å². The predicted molar refractivity (Wildman–Crippen MR) is 56.0 cm³/mol. The Hall–Kier alpha value is -1.13. The quantitative estimate of drug-likeness (QED) is 0.836. The van der Waals surface area contributed by atoms with E-state index in [4.69, 9.17) is 16.7 Å². The first-order chi connectivity index (χ1) is 7.47. The van der Waals surface area contributed by atoms with Crippen molar-refractivity contribution >= 4 is 17.6 Å². The molecule has 0 amide bonds. The minimum absolute atomic E-state index is 0.00296. The van der Waals surface area contributed by atoms with Crippen LogP contribution in [0.25, 0.3) is 0 Å². The van der Waals surface area contributed by atoms with Crippen LogP contribution >= 0.6 is 11.6 Å². The number of carboxylic acid groups (broad SMARTS) is 1. The third kappa shape index (κ3) is 1.49. The highest BCUT2D eigenvalue weighted by atomic mass is 35.5. The van der Waals surface area contributed by atoms with Gasteiger partial charge in [0.15, 0.2) is 0 Å². The Labute approximate surface area is 96.5 Å². The maximum Gasteiger partial charge on any atom is 0.314 e. The second-order valence-corrected chi connectivity index (χ2v) is 4.45. The van der Waals surface area contributed by atoms with E-state index in [0.717, 1.165) is 0 Å². The lowest BCUT2D eigenvalue weighted by Crippen LogP contribution is -2.51. The zero-order chi connectivity index (χ0) is 11.9. The van der Waals surface area contributed by atoms with E-state index < -0.39 is 23.3 Å². The number of aliphatic hydroxyl groups excluding tert-OH is 1. The summed E-state index contributed by atoms with van der Waals surface area (Å²) in [4.78, 5) is 11.2. The van der Waals surface area contributed by atoms with Gasteiger partial charge in [-0.25, -0.2) is 4.39 Å². The fourth-order valence-corrected chi connectivity index (χ4v) is 2.53. The average Bonchev–Trinajstić information content (AvgIpc) is 2.13. The van der Waals surface area contributed by atoms with Gasteiger partial charge in [-0.2, -0.15) is 0 Å². The van der Waals surface area contributed by atoms with E-state index in [1.54, 1.807) is 0 Å². The summed E-state index contributed by atoms with van der Waals surface area (Å²) in [5.41, 5.74) is -1.39. The molecule has 0 spiro atoms. The van der Waals surface area contributed by atoms with Crippen molar-refractivity contribution in [2.75, 3.05) is 0 Å². The summed E-state index contributed by atoms with van der Waals surface area (Å²) in [6.45, 7) is 0. The number of hydrogen-bond acceptors (Lipinski definition) is 2. The average molecular weight is 245 g/mol. The summed E-state index contributed by atoms with van der Waals surface area (Å²) < 4.78 is 13.6. The normalized spacial score (nSPS) is 28.6. The Morgan fingerprint density at radius 3 is 2.56 bits per heavy atom. The van der Waals surface area contributed by atoms with Gasteiger partial charge in [0.2, 0.25) is 0 Å². The van der Waals surface area contributed by atoms with Crippen LogP contribution in [0.5, 0.6) is 0 Å². The standard InChI is InChI=1S/C11H10ClFO3/c12-7-2-1-3-8(13)9(7)11(10(15)16)4-6(14)5-11/h1-3,6,14H,4-5H2,(H,15,16). The Bertz CT molecular complexity index is 421. The number of rotatable bonds is 2. The minimum Gasteiger partial charge on any atom is -0.481 e. The Morgan fingerprint density at radius 2 is 2.12 bits per heavy atom. The first kappa shape index (κ1) is 11.4. The molecule has 5 heteroatoms. The number of benzene rings is 1. The van der Waals surface area contributed by atoms with Gasteiger partial charge in [-0.05, 0) is 25.0 Å². The highest BCUT2D eigenvalue weighted by Gasteiger charge is 2.53. The van der Waals surface area contributed by atoms with Crippen LogP contribution < -0.4 is 0 Å². The van der Waals surface area contributed by atoms with E-state index in [1.807, 2.05) is 0 Å². The fraction of sp³-hybridized carbons (Fsp3) is 0.364. The molecule has 0 radical (unpaired) electrons. The van der Waals surface area contributed by atoms with Crippen LogP contribution in [0.1, 0.15) is 18.4 Å². The Kier molecular flexibility index (Phi) is 2.64. The highest BCUT2D eigenvalue weighted by Crippen LogP contribution is 2.47. The van der Waals surface area contributed by atoms with Gasteiger partial charge in [-0.15, -0.1) is 0 Å². The molecule has 1 aliphatic carbocycles. The number of halogens is 2. The summed E-state index contributed by atoms with van der Waals surface area (Å²) in [6, 6.07) is 4.05. The number of aliphatic carboxylic acids is 1. The molecular formula is C11H10ClFO3. The second kappa shape index (κ2) is 3.71. The molecular weight excluding hydrogens is 235 g/mol. The van der Waals surface area contributed by atoms with Crippen molar-refractivity contribution < 1.29 is 19.4 Å². The number of carbonyl (C=O) groups is 1. The van der Waals surface area contributed by atoms with Gasteiger partial charge in [-0.3, -0.25) is 4.79 Å². The third-order valence-electron chi connectivity index (χ3n) is 3.02. The molecule has 2 N–H and O–H groups in total. The van der Waals surface area contributed by atoms with Crippen molar-refractivity contribution in [3.63, 3.8) is 0 Å². The molecule has 86 valence electrons. The van der Waals surface area contributed by atoms with Gasteiger partial charge in [-0.1, -0.05) is 17.7 Å². The fourth-order valence-electron chi connectivity index (χ4n) is 2.19. The molecule has 0 heterocycles. The Balaban J connectivity index is 2.53. The van der Waals surface area contributed by atoms with Gasteiger partial charge >= 0.3 is 5.97 Å². The van der Waals surface area contributed by atoms with E-state index in [1.165, 1.54) is 18.2 Å². The SMILES string of the molecule is O=C(O)C1(c2c(F)cccc2Cl)CC(O)C1. The molecule has 0 bridgehead atoms. The lowest BCUT2D eigenvalue weighted by Gasteiger charge is -2.42. The van der Waals surface area contributed by atoms with Gasteiger partial charge in [0.25, 0.3) is 0 Å². The largest absolute Gasteiger partial charge is 0.481 e. The number of hydrogen-bond donors (Lipinski definition) is 2. The zero-order valence-electron chi connectivity index (χ0n) is 8.28. The molecule has 3 nitrogen and oxygen atoms in total. The van der Waals surface area contributed by atoms with Crippen molar-refractivity contribution in [1.82, 2.24) is 0 Å². The van der Waals surface area contributed by atoms with Crippen molar-refractivity contribution in [2.45, 2.75) is 24.4 Å². The molecule has 1 saturated carbocycles. The van der Waals surface area contributed by atoms with Gasteiger partial charge in [0, 0.05) is 10.6 Å². The molecule has 0 atom stereocenters. The number of carboxylic acids is 1.